The Hall–Kier alpha value is -1.81. The van der Waals surface area contributed by atoms with Gasteiger partial charge in [0.15, 0.2) is 0 Å². The van der Waals surface area contributed by atoms with E-state index in [1.807, 2.05) is 0 Å². The molecule has 0 saturated heterocycles. The van der Waals surface area contributed by atoms with Gasteiger partial charge in [0.05, 0.1) is 5.56 Å². The molecule has 118 valence electrons. The van der Waals surface area contributed by atoms with Gasteiger partial charge in [0.1, 0.15) is 0 Å². The lowest BCUT2D eigenvalue weighted by Crippen LogP contribution is -2.15. The van der Waals surface area contributed by atoms with E-state index in [2.05, 4.69) is 31.2 Å². The summed E-state index contributed by atoms with van der Waals surface area (Å²) in [6.45, 7) is 2.56. The Labute approximate surface area is 129 Å². The highest BCUT2D eigenvalue weighted by atomic mass is 19.4. The van der Waals surface area contributed by atoms with Crippen LogP contribution in [-0.2, 0) is 19.0 Å². The van der Waals surface area contributed by atoms with Crippen LogP contribution in [0.5, 0.6) is 0 Å². The Morgan fingerprint density at radius 2 is 1.45 bits per heavy atom. The lowest BCUT2D eigenvalue weighted by atomic mass is 9.91. The SMILES string of the molecule is CCc1ccc(C(CN)Cc2ccc(C(F)(F)F)cc2)cc1. The molecule has 1 nitrogen and oxygen atoms in total. The van der Waals surface area contributed by atoms with Gasteiger partial charge in [-0.1, -0.05) is 43.3 Å². The zero-order valence-corrected chi connectivity index (χ0v) is 12.5. The summed E-state index contributed by atoms with van der Waals surface area (Å²) >= 11 is 0. The average molecular weight is 307 g/mol. The predicted octanol–water partition coefficient (Wildman–Crippen LogP) is 4.55. The molecule has 2 N–H and O–H groups in total. The first kappa shape index (κ1) is 16.6. The molecule has 0 spiro atoms. The van der Waals surface area contributed by atoms with Crippen molar-refractivity contribution in [2.24, 2.45) is 5.73 Å². The Bertz CT molecular complexity index is 585. The molecule has 0 aliphatic heterocycles. The van der Waals surface area contributed by atoms with E-state index in [1.54, 1.807) is 0 Å². The maximum atomic E-state index is 12.6. The molecule has 4 heteroatoms. The van der Waals surface area contributed by atoms with Gasteiger partial charge in [-0.3, -0.25) is 0 Å². The third-order valence-electron chi connectivity index (χ3n) is 3.91. The van der Waals surface area contributed by atoms with Gasteiger partial charge in [-0.2, -0.15) is 13.2 Å². The fraction of sp³-hybridized carbons (Fsp3) is 0.333. The van der Waals surface area contributed by atoms with E-state index in [0.29, 0.717) is 13.0 Å². The van der Waals surface area contributed by atoms with Crippen LogP contribution in [0, 0.1) is 0 Å². The number of halogens is 3. The third-order valence-corrected chi connectivity index (χ3v) is 3.91. The van der Waals surface area contributed by atoms with Crippen LogP contribution < -0.4 is 5.73 Å². The van der Waals surface area contributed by atoms with Crippen molar-refractivity contribution in [2.45, 2.75) is 31.9 Å². The van der Waals surface area contributed by atoms with E-state index in [4.69, 9.17) is 5.73 Å². The predicted molar refractivity (Wildman–Crippen MR) is 82.8 cm³/mol. The van der Waals surface area contributed by atoms with Crippen molar-refractivity contribution in [2.75, 3.05) is 6.54 Å². The maximum Gasteiger partial charge on any atom is 0.416 e. The quantitative estimate of drug-likeness (QED) is 0.861. The Balaban J connectivity index is 2.12. The molecule has 0 bridgehead atoms. The molecule has 22 heavy (non-hydrogen) atoms. The van der Waals surface area contributed by atoms with Crippen molar-refractivity contribution in [3.8, 4) is 0 Å². The van der Waals surface area contributed by atoms with E-state index in [9.17, 15) is 13.2 Å². The zero-order chi connectivity index (χ0) is 16.2. The summed E-state index contributed by atoms with van der Waals surface area (Å²) in [7, 11) is 0. The molecule has 2 aromatic carbocycles. The van der Waals surface area contributed by atoms with Gasteiger partial charge in [0.2, 0.25) is 0 Å². The second kappa shape index (κ2) is 6.97. The molecule has 0 radical (unpaired) electrons. The number of benzene rings is 2. The van der Waals surface area contributed by atoms with Crippen LogP contribution >= 0.6 is 0 Å². The monoisotopic (exact) mass is 307 g/mol. The minimum absolute atomic E-state index is 0.114. The molecule has 0 amide bonds. The van der Waals surface area contributed by atoms with Crippen molar-refractivity contribution in [3.05, 3.63) is 70.8 Å². The van der Waals surface area contributed by atoms with E-state index < -0.39 is 11.7 Å². The smallest absolute Gasteiger partial charge is 0.330 e. The van der Waals surface area contributed by atoms with Crippen LogP contribution in [0.15, 0.2) is 48.5 Å². The molecule has 0 aromatic heterocycles. The molecule has 0 aliphatic carbocycles. The molecule has 1 atom stereocenters. The van der Waals surface area contributed by atoms with Crippen LogP contribution in [0.1, 0.15) is 35.1 Å². The van der Waals surface area contributed by atoms with E-state index in [1.165, 1.54) is 17.7 Å². The van der Waals surface area contributed by atoms with Crippen molar-refractivity contribution >= 4 is 0 Å². The Morgan fingerprint density at radius 3 is 1.91 bits per heavy atom. The van der Waals surface area contributed by atoms with Crippen molar-refractivity contribution < 1.29 is 13.2 Å². The highest BCUT2D eigenvalue weighted by Gasteiger charge is 2.30. The van der Waals surface area contributed by atoms with Crippen molar-refractivity contribution in [1.29, 1.82) is 0 Å². The summed E-state index contributed by atoms with van der Waals surface area (Å²) in [6, 6.07) is 13.6. The van der Waals surface area contributed by atoms with Crippen LogP contribution in [-0.4, -0.2) is 6.54 Å². The van der Waals surface area contributed by atoms with Gasteiger partial charge in [-0.05, 0) is 48.2 Å². The zero-order valence-electron chi connectivity index (χ0n) is 12.5. The number of aryl methyl sites for hydroxylation is 1. The summed E-state index contributed by atoms with van der Waals surface area (Å²) in [6.07, 6.45) is -2.67. The van der Waals surface area contributed by atoms with Gasteiger partial charge in [0, 0.05) is 5.92 Å². The number of nitrogens with two attached hydrogens (primary N) is 1. The maximum absolute atomic E-state index is 12.6. The average Bonchev–Trinajstić information content (AvgIpc) is 2.52. The first-order valence-corrected chi connectivity index (χ1v) is 7.39. The molecule has 0 fully saturated rings. The van der Waals surface area contributed by atoms with Crippen LogP contribution in [0.4, 0.5) is 13.2 Å². The fourth-order valence-corrected chi connectivity index (χ4v) is 2.48. The summed E-state index contributed by atoms with van der Waals surface area (Å²) in [5, 5.41) is 0. The molecule has 2 rings (SSSR count). The summed E-state index contributed by atoms with van der Waals surface area (Å²) < 4.78 is 37.7. The van der Waals surface area contributed by atoms with Gasteiger partial charge >= 0.3 is 6.18 Å². The second-order valence-electron chi connectivity index (χ2n) is 5.43. The molecular weight excluding hydrogens is 287 g/mol. The van der Waals surface area contributed by atoms with Gasteiger partial charge in [0.25, 0.3) is 0 Å². The minimum atomic E-state index is -4.29. The second-order valence-corrected chi connectivity index (χ2v) is 5.43. The summed E-state index contributed by atoms with van der Waals surface area (Å²) in [5.74, 6) is 0.114. The van der Waals surface area contributed by atoms with Gasteiger partial charge in [-0.25, -0.2) is 0 Å². The van der Waals surface area contributed by atoms with Crippen LogP contribution in [0.25, 0.3) is 0 Å². The Kier molecular flexibility index (Phi) is 5.24. The van der Waals surface area contributed by atoms with E-state index in [-0.39, 0.29) is 5.92 Å². The molecule has 2 aromatic rings. The number of hydrogen-bond acceptors (Lipinski definition) is 1. The van der Waals surface area contributed by atoms with E-state index >= 15 is 0 Å². The van der Waals surface area contributed by atoms with E-state index in [0.717, 1.165) is 29.7 Å². The van der Waals surface area contributed by atoms with Gasteiger partial charge < -0.3 is 5.73 Å². The fourth-order valence-electron chi connectivity index (χ4n) is 2.48. The summed E-state index contributed by atoms with van der Waals surface area (Å²) in [5.41, 5.74) is 8.47. The Morgan fingerprint density at radius 1 is 0.909 bits per heavy atom. The standard InChI is InChI=1S/C18H20F3N/c1-2-13-3-7-15(8-4-13)16(12-22)11-14-5-9-17(10-6-14)18(19,20)21/h3-10,16H,2,11-12,22H2,1H3. The van der Waals surface area contributed by atoms with Crippen molar-refractivity contribution in [3.63, 3.8) is 0 Å². The molecular formula is C18H20F3N. The molecule has 0 heterocycles. The van der Waals surface area contributed by atoms with Crippen LogP contribution in [0.3, 0.4) is 0 Å². The number of hydrogen-bond donors (Lipinski definition) is 1. The normalized spacial score (nSPS) is 13.1. The topological polar surface area (TPSA) is 26.0 Å². The summed E-state index contributed by atoms with van der Waals surface area (Å²) in [4.78, 5) is 0. The molecule has 0 aliphatic rings. The first-order valence-electron chi connectivity index (χ1n) is 7.39. The highest BCUT2D eigenvalue weighted by molar-refractivity contribution is 5.30. The number of rotatable bonds is 5. The minimum Gasteiger partial charge on any atom is -0.330 e. The lowest BCUT2D eigenvalue weighted by Gasteiger charge is -2.16. The van der Waals surface area contributed by atoms with Crippen molar-refractivity contribution in [1.82, 2.24) is 0 Å². The highest BCUT2D eigenvalue weighted by Crippen LogP contribution is 2.30. The molecule has 0 saturated carbocycles. The van der Waals surface area contributed by atoms with Crippen LogP contribution in [0.2, 0.25) is 0 Å². The third kappa shape index (κ3) is 4.10. The largest absolute Gasteiger partial charge is 0.416 e. The molecule has 1 unspecified atom stereocenters. The number of alkyl halides is 3. The van der Waals surface area contributed by atoms with Gasteiger partial charge in [-0.15, -0.1) is 0 Å². The lowest BCUT2D eigenvalue weighted by molar-refractivity contribution is -0.137. The first-order chi connectivity index (χ1) is 10.4.